The van der Waals surface area contributed by atoms with Gasteiger partial charge in [0.25, 0.3) is 0 Å². The monoisotopic (exact) mass is 250 g/mol. The van der Waals surface area contributed by atoms with Crippen LogP contribution in [0.25, 0.3) is 0 Å². The predicted octanol–water partition coefficient (Wildman–Crippen LogP) is 2.01. The summed E-state index contributed by atoms with van der Waals surface area (Å²) in [7, 11) is 0. The van der Waals surface area contributed by atoms with Crippen molar-refractivity contribution in [3.05, 3.63) is 0 Å². The highest BCUT2D eigenvalue weighted by Crippen LogP contribution is 2.50. The molecule has 3 heteroatoms. The van der Waals surface area contributed by atoms with E-state index >= 15 is 0 Å². The number of piperidine rings is 1. The van der Waals surface area contributed by atoms with Gasteiger partial charge >= 0.3 is 0 Å². The molecule has 1 unspecified atom stereocenters. The molecule has 2 N–H and O–H groups in total. The van der Waals surface area contributed by atoms with Gasteiger partial charge in [0.05, 0.1) is 0 Å². The van der Waals surface area contributed by atoms with E-state index in [2.05, 4.69) is 4.90 Å². The van der Waals surface area contributed by atoms with Gasteiger partial charge in [-0.3, -0.25) is 4.79 Å². The lowest BCUT2D eigenvalue weighted by Gasteiger charge is -2.35. The van der Waals surface area contributed by atoms with Crippen molar-refractivity contribution in [2.45, 2.75) is 44.9 Å². The second-order valence-corrected chi connectivity index (χ2v) is 6.57. The number of hydrogen-bond donors (Lipinski definition) is 1. The summed E-state index contributed by atoms with van der Waals surface area (Å²) in [6.07, 6.45) is 8.72. The van der Waals surface area contributed by atoms with Crippen LogP contribution < -0.4 is 5.73 Å². The number of rotatable bonds is 5. The molecule has 1 saturated heterocycles. The average molecular weight is 250 g/mol. The summed E-state index contributed by atoms with van der Waals surface area (Å²) in [6, 6.07) is 0. The van der Waals surface area contributed by atoms with E-state index in [1.165, 1.54) is 38.5 Å². The van der Waals surface area contributed by atoms with Gasteiger partial charge in [0, 0.05) is 19.0 Å². The molecule has 0 aromatic carbocycles. The Labute approximate surface area is 110 Å². The molecule has 0 bridgehead atoms. The molecule has 0 spiro atoms. The lowest BCUT2D eigenvalue weighted by molar-refractivity contribution is -0.139. The average Bonchev–Trinajstić information content (AvgIpc) is 3.25. The quantitative estimate of drug-likeness (QED) is 0.811. The van der Waals surface area contributed by atoms with Gasteiger partial charge in [-0.2, -0.15) is 0 Å². The van der Waals surface area contributed by atoms with Gasteiger partial charge in [0.1, 0.15) is 0 Å². The third-order valence-corrected chi connectivity index (χ3v) is 4.95. The SMILES string of the molecule is NCCC1CCCN(C(=O)C(C2CC2)C2CC2)C1. The highest BCUT2D eigenvalue weighted by molar-refractivity contribution is 5.80. The molecule has 0 aromatic heterocycles. The molecule has 102 valence electrons. The van der Waals surface area contributed by atoms with E-state index < -0.39 is 0 Å². The number of hydrogen-bond acceptors (Lipinski definition) is 2. The van der Waals surface area contributed by atoms with Crippen LogP contribution in [0.4, 0.5) is 0 Å². The zero-order valence-electron chi connectivity index (χ0n) is 11.3. The molecule has 2 aliphatic carbocycles. The molecular weight excluding hydrogens is 224 g/mol. The third kappa shape index (κ3) is 2.71. The Morgan fingerprint density at radius 3 is 2.39 bits per heavy atom. The minimum absolute atomic E-state index is 0.390. The lowest BCUT2D eigenvalue weighted by atomic mass is 9.91. The maximum Gasteiger partial charge on any atom is 0.226 e. The van der Waals surface area contributed by atoms with Crippen molar-refractivity contribution in [1.29, 1.82) is 0 Å². The molecular formula is C15H26N2O. The van der Waals surface area contributed by atoms with Crippen molar-refractivity contribution in [1.82, 2.24) is 4.90 Å². The summed E-state index contributed by atoms with van der Waals surface area (Å²) in [6.45, 7) is 2.74. The van der Waals surface area contributed by atoms with Gasteiger partial charge in [-0.15, -0.1) is 0 Å². The Hall–Kier alpha value is -0.570. The molecule has 3 aliphatic rings. The Balaban J connectivity index is 1.60. The minimum Gasteiger partial charge on any atom is -0.342 e. The third-order valence-electron chi connectivity index (χ3n) is 4.95. The van der Waals surface area contributed by atoms with Crippen LogP contribution in [0.15, 0.2) is 0 Å². The summed E-state index contributed by atoms with van der Waals surface area (Å²) < 4.78 is 0. The van der Waals surface area contributed by atoms with E-state index in [1.807, 2.05) is 0 Å². The fourth-order valence-electron chi connectivity index (χ4n) is 3.65. The Kier molecular flexibility index (Phi) is 3.60. The van der Waals surface area contributed by atoms with Gasteiger partial charge in [-0.1, -0.05) is 0 Å². The van der Waals surface area contributed by atoms with E-state index in [0.29, 0.717) is 17.7 Å². The molecule has 3 rings (SSSR count). The molecule has 1 amide bonds. The Morgan fingerprint density at radius 1 is 1.17 bits per heavy atom. The van der Waals surface area contributed by atoms with Gasteiger partial charge in [0.2, 0.25) is 5.91 Å². The second-order valence-electron chi connectivity index (χ2n) is 6.57. The van der Waals surface area contributed by atoms with Crippen molar-refractivity contribution in [2.24, 2.45) is 29.4 Å². The number of likely N-dealkylation sites (tertiary alicyclic amines) is 1. The van der Waals surface area contributed by atoms with Crippen molar-refractivity contribution in [3.63, 3.8) is 0 Å². The summed E-state index contributed by atoms with van der Waals surface area (Å²) in [5, 5.41) is 0. The largest absolute Gasteiger partial charge is 0.342 e. The smallest absolute Gasteiger partial charge is 0.226 e. The van der Waals surface area contributed by atoms with Gasteiger partial charge < -0.3 is 10.6 Å². The van der Waals surface area contributed by atoms with E-state index in [1.54, 1.807) is 0 Å². The van der Waals surface area contributed by atoms with Gasteiger partial charge in [0.15, 0.2) is 0 Å². The molecule has 0 aromatic rings. The van der Waals surface area contributed by atoms with Crippen molar-refractivity contribution < 1.29 is 4.79 Å². The first-order valence-electron chi connectivity index (χ1n) is 7.78. The van der Waals surface area contributed by atoms with Crippen LogP contribution in [0.5, 0.6) is 0 Å². The molecule has 1 aliphatic heterocycles. The Morgan fingerprint density at radius 2 is 1.83 bits per heavy atom. The zero-order chi connectivity index (χ0) is 12.5. The van der Waals surface area contributed by atoms with Crippen LogP contribution >= 0.6 is 0 Å². The maximum absolute atomic E-state index is 12.7. The second kappa shape index (κ2) is 5.20. The summed E-state index contributed by atoms with van der Waals surface area (Å²) in [5.41, 5.74) is 5.65. The fourth-order valence-corrected chi connectivity index (χ4v) is 3.65. The van der Waals surface area contributed by atoms with Crippen LogP contribution in [0.1, 0.15) is 44.9 Å². The van der Waals surface area contributed by atoms with Crippen LogP contribution in [-0.2, 0) is 4.79 Å². The maximum atomic E-state index is 12.7. The first-order chi connectivity index (χ1) is 8.79. The van der Waals surface area contributed by atoms with Crippen LogP contribution in [-0.4, -0.2) is 30.4 Å². The van der Waals surface area contributed by atoms with Crippen LogP contribution in [0.2, 0.25) is 0 Å². The van der Waals surface area contributed by atoms with Crippen LogP contribution in [0.3, 0.4) is 0 Å². The summed E-state index contributed by atoms with van der Waals surface area (Å²) >= 11 is 0. The number of nitrogens with two attached hydrogens (primary N) is 1. The standard InChI is InChI=1S/C15H26N2O/c16-8-7-11-2-1-9-17(10-11)15(18)14(12-3-4-12)13-5-6-13/h11-14H,1-10,16H2. The fraction of sp³-hybridized carbons (Fsp3) is 0.933. The number of carbonyl (C=O) groups is 1. The number of amides is 1. The summed E-state index contributed by atoms with van der Waals surface area (Å²) in [4.78, 5) is 14.9. The van der Waals surface area contributed by atoms with E-state index in [-0.39, 0.29) is 0 Å². The molecule has 18 heavy (non-hydrogen) atoms. The molecule has 1 heterocycles. The highest BCUT2D eigenvalue weighted by Gasteiger charge is 2.47. The predicted molar refractivity (Wildman–Crippen MR) is 71.9 cm³/mol. The number of nitrogens with zero attached hydrogens (tertiary/aromatic N) is 1. The van der Waals surface area contributed by atoms with Gasteiger partial charge in [-0.05, 0) is 69.2 Å². The zero-order valence-corrected chi connectivity index (χ0v) is 11.3. The first kappa shape index (κ1) is 12.5. The van der Waals surface area contributed by atoms with E-state index in [0.717, 1.165) is 37.9 Å². The molecule has 2 saturated carbocycles. The lowest BCUT2D eigenvalue weighted by Crippen LogP contribution is -2.44. The molecule has 1 atom stereocenters. The minimum atomic E-state index is 0.390. The van der Waals surface area contributed by atoms with Crippen molar-refractivity contribution >= 4 is 5.91 Å². The van der Waals surface area contributed by atoms with Crippen LogP contribution in [0, 0.1) is 23.7 Å². The number of carbonyl (C=O) groups excluding carboxylic acids is 1. The van der Waals surface area contributed by atoms with E-state index in [9.17, 15) is 4.79 Å². The van der Waals surface area contributed by atoms with Gasteiger partial charge in [-0.25, -0.2) is 0 Å². The highest BCUT2D eigenvalue weighted by atomic mass is 16.2. The summed E-state index contributed by atoms with van der Waals surface area (Å²) in [5.74, 6) is 3.01. The molecule has 3 nitrogen and oxygen atoms in total. The molecule has 3 fully saturated rings. The van der Waals surface area contributed by atoms with E-state index in [4.69, 9.17) is 5.73 Å². The first-order valence-corrected chi connectivity index (χ1v) is 7.78. The normalized spacial score (nSPS) is 28.8. The topological polar surface area (TPSA) is 46.3 Å². The molecule has 0 radical (unpaired) electrons. The van der Waals surface area contributed by atoms with Crippen molar-refractivity contribution in [3.8, 4) is 0 Å². The van der Waals surface area contributed by atoms with Crippen molar-refractivity contribution in [2.75, 3.05) is 19.6 Å². The Bertz CT molecular complexity index is 296.